The maximum Gasteiger partial charge on any atom is 0.0897 e. The molecule has 1 N–H and O–H groups in total. The minimum atomic E-state index is 0.869. The fraction of sp³-hybridized carbons (Fsp3) is 0.727. The topological polar surface area (TPSA) is 28.2 Å². The monoisotopic (exact) mass is 225 g/mol. The molecule has 0 radical (unpaired) electrons. The number of hydrogen-bond acceptors (Lipinski definition) is 4. The Hall–Kier alpha value is -0.450. The zero-order valence-corrected chi connectivity index (χ0v) is 10.3. The summed E-state index contributed by atoms with van der Waals surface area (Å²) in [7, 11) is 2.21. The normalized spacial score (nSPS) is 16.2. The molecule has 1 heterocycles. The van der Waals surface area contributed by atoms with E-state index in [0.717, 1.165) is 30.7 Å². The van der Waals surface area contributed by atoms with Crippen molar-refractivity contribution in [3.05, 3.63) is 16.1 Å². The Labute approximate surface area is 95.5 Å². The number of nitrogens with zero attached hydrogens (tertiary/aromatic N) is 2. The first-order valence-electron chi connectivity index (χ1n) is 5.57. The van der Waals surface area contributed by atoms with Gasteiger partial charge in [-0.25, -0.2) is 4.98 Å². The SMILES string of the molecule is Cc1nc(CNCCN(C)C2CC2)cs1. The van der Waals surface area contributed by atoms with E-state index in [1.807, 2.05) is 0 Å². The summed E-state index contributed by atoms with van der Waals surface area (Å²) in [5, 5.41) is 6.72. The van der Waals surface area contributed by atoms with E-state index in [2.05, 4.69) is 34.6 Å². The number of nitrogens with one attached hydrogen (secondary N) is 1. The maximum atomic E-state index is 4.42. The molecule has 84 valence electrons. The Balaban J connectivity index is 1.58. The average Bonchev–Trinajstić information content (AvgIpc) is 2.98. The molecule has 0 spiro atoms. The standard InChI is InChI=1S/C11H19N3S/c1-9-13-10(8-15-9)7-12-5-6-14(2)11-3-4-11/h8,11-12H,3-7H2,1-2H3. The van der Waals surface area contributed by atoms with Crippen LogP contribution in [0.3, 0.4) is 0 Å². The number of aryl methyl sites for hydroxylation is 1. The van der Waals surface area contributed by atoms with Crippen LogP contribution in [0.15, 0.2) is 5.38 Å². The predicted molar refractivity (Wildman–Crippen MR) is 64.2 cm³/mol. The van der Waals surface area contributed by atoms with Gasteiger partial charge in [0.1, 0.15) is 0 Å². The van der Waals surface area contributed by atoms with Crippen molar-refractivity contribution in [3.8, 4) is 0 Å². The lowest BCUT2D eigenvalue weighted by atomic mass is 10.4. The first kappa shape index (κ1) is 11.0. The van der Waals surface area contributed by atoms with Gasteiger partial charge >= 0.3 is 0 Å². The second-order valence-corrected chi connectivity index (χ2v) is 5.31. The van der Waals surface area contributed by atoms with Gasteiger partial charge < -0.3 is 10.2 Å². The lowest BCUT2D eigenvalue weighted by Gasteiger charge is -2.15. The third kappa shape index (κ3) is 3.55. The van der Waals surface area contributed by atoms with E-state index < -0.39 is 0 Å². The van der Waals surface area contributed by atoms with E-state index in [1.54, 1.807) is 11.3 Å². The fourth-order valence-corrected chi connectivity index (χ4v) is 2.27. The first-order chi connectivity index (χ1) is 7.25. The van der Waals surface area contributed by atoms with Crippen molar-refractivity contribution in [2.24, 2.45) is 0 Å². The molecule has 0 atom stereocenters. The molecule has 0 aliphatic heterocycles. The Kier molecular flexibility index (Phi) is 3.72. The average molecular weight is 225 g/mol. The third-order valence-electron chi connectivity index (χ3n) is 2.78. The molecule has 1 saturated carbocycles. The van der Waals surface area contributed by atoms with Gasteiger partial charge in [-0.05, 0) is 26.8 Å². The fourth-order valence-electron chi connectivity index (χ4n) is 1.66. The predicted octanol–water partition coefficient (Wildman–Crippen LogP) is 1.64. The molecule has 1 aliphatic carbocycles. The summed E-state index contributed by atoms with van der Waals surface area (Å²) in [4.78, 5) is 6.86. The highest BCUT2D eigenvalue weighted by Gasteiger charge is 2.25. The van der Waals surface area contributed by atoms with E-state index in [9.17, 15) is 0 Å². The molecule has 15 heavy (non-hydrogen) atoms. The molecule has 1 fully saturated rings. The van der Waals surface area contributed by atoms with Crippen LogP contribution in [0.25, 0.3) is 0 Å². The van der Waals surface area contributed by atoms with E-state index in [-0.39, 0.29) is 0 Å². The summed E-state index contributed by atoms with van der Waals surface area (Å²) < 4.78 is 0. The van der Waals surface area contributed by atoms with Crippen LogP contribution in [0.5, 0.6) is 0 Å². The highest BCUT2D eigenvalue weighted by Crippen LogP contribution is 2.24. The summed E-state index contributed by atoms with van der Waals surface area (Å²) in [6.07, 6.45) is 2.78. The smallest absolute Gasteiger partial charge is 0.0897 e. The molecular formula is C11H19N3S. The summed E-state index contributed by atoms with van der Waals surface area (Å²) in [5.74, 6) is 0. The molecule has 4 heteroatoms. The van der Waals surface area contributed by atoms with Crippen LogP contribution < -0.4 is 5.32 Å². The van der Waals surface area contributed by atoms with Gasteiger partial charge in [0.25, 0.3) is 0 Å². The van der Waals surface area contributed by atoms with Gasteiger partial charge in [0, 0.05) is 31.1 Å². The number of likely N-dealkylation sites (N-methyl/N-ethyl adjacent to an activating group) is 1. The number of aromatic nitrogens is 1. The molecule has 1 aromatic rings. The van der Waals surface area contributed by atoms with Crippen LogP contribution in [-0.4, -0.2) is 36.1 Å². The molecule has 0 saturated heterocycles. The van der Waals surface area contributed by atoms with Gasteiger partial charge in [0.05, 0.1) is 10.7 Å². The molecule has 0 aromatic carbocycles. The Morgan fingerprint density at radius 3 is 3.00 bits per heavy atom. The summed E-state index contributed by atoms with van der Waals surface area (Å²) in [6.45, 7) is 5.16. The van der Waals surface area contributed by atoms with E-state index in [4.69, 9.17) is 0 Å². The highest BCUT2D eigenvalue weighted by molar-refractivity contribution is 7.09. The Morgan fingerprint density at radius 1 is 1.60 bits per heavy atom. The second-order valence-electron chi connectivity index (χ2n) is 4.25. The van der Waals surface area contributed by atoms with Crippen molar-refractivity contribution < 1.29 is 0 Å². The van der Waals surface area contributed by atoms with Crippen LogP contribution in [0.4, 0.5) is 0 Å². The molecular weight excluding hydrogens is 206 g/mol. The molecule has 0 amide bonds. The third-order valence-corrected chi connectivity index (χ3v) is 3.61. The summed E-state index contributed by atoms with van der Waals surface area (Å²) in [6, 6.07) is 0.869. The molecule has 2 rings (SSSR count). The quantitative estimate of drug-likeness (QED) is 0.746. The zero-order valence-electron chi connectivity index (χ0n) is 9.49. The van der Waals surface area contributed by atoms with Gasteiger partial charge in [-0.15, -0.1) is 11.3 Å². The van der Waals surface area contributed by atoms with E-state index in [0.29, 0.717) is 0 Å². The summed E-state index contributed by atoms with van der Waals surface area (Å²) >= 11 is 1.72. The van der Waals surface area contributed by atoms with E-state index >= 15 is 0 Å². The summed E-state index contributed by atoms with van der Waals surface area (Å²) in [5.41, 5.74) is 1.17. The van der Waals surface area contributed by atoms with Gasteiger partial charge in [0.2, 0.25) is 0 Å². The van der Waals surface area contributed by atoms with Crippen molar-refractivity contribution in [1.82, 2.24) is 15.2 Å². The molecule has 0 bridgehead atoms. The lowest BCUT2D eigenvalue weighted by molar-refractivity contribution is 0.321. The van der Waals surface area contributed by atoms with Crippen LogP contribution >= 0.6 is 11.3 Å². The van der Waals surface area contributed by atoms with Crippen molar-refractivity contribution in [2.75, 3.05) is 20.1 Å². The molecule has 1 aliphatic rings. The Morgan fingerprint density at radius 2 is 2.40 bits per heavy atom. The van der Waals surface area contributed by atoms with Crippen LogP contribution in [-0.2, 0) is 6.54 Å². The Bertz CT molecular complexity index is 307. The van der Waals surface area contributed by atoms with Gasteiger partial charge in [-0.3, -0.25) is 0 Å². The van der Waals surface area contributed by atoms with Crippen LogP contribution in [0, 0.1) is 6.92 Å². The van der Waals surface area contributed by atoms with Crippen LogP contribution in [0.1, 0.15) is 23.5 Å². The highest BCUT2D eigenvalue weighted by atomic mass is 32.1. The van der Waals surface area contributed by atoms with Gasteiger partial charge in [-0.1, -0.05) is 0 Å². The largest absolute Gasteiger partial charge is 0.310 e. The van der Waals surface area contributed by atoms with Crippen LogP contribution in [0.2, 0.25) is 0 Å². The minimum Gasteiger partial charge on any atom is -0.310 e. The number of rotatable bonds is 6. The zero-order chi connectivity index (χ0) is 10.7. The van der Waals surface area contributed by atoms with Gasteiger partial charge in [-0.2, -0.15) is 0 Å². The molecule has 3 nitrogen and oxygen atoms in total. The van der Waals surface area contributed by atoms with Crippen molar-refractivity contribution in [2.45, 2.75) is 32.4 Å². The second kappa shape index (κ2) is 5.05. The maximum absolute atomic E-state index is 4.42. The minimum absolute atomic E-state index is 0.869. The van der Waals surface area contributed by atoms with Crippen molar-refractivity contribution in [1.29, 1.82) is 0 Å². The van der Waals surface area contributed by atoms with E-state index in [1.165, 1.54) is 18.5 Å². The van der Waals surface area contributed by atoms with Crippen molar-refractivity contribution >= 4 is 11.3 Å². The number of thiazole rings is 1. The first-order valence-corrected chi connectivity index (χ1v) is 6.45. The molecule has 0 unspecified atom stereocenters. The van der Waals surface area contributed by atoms with Gasteiger partial charge in [0.15, 0.2) is 0 Å². The van der Waals surface area contributed by atoms with Crippen molar-refractivity contribution in [3.63, 3.8) is 0 Å². The number of hydrogen-bond donors (Lipinski definition) is 1. The molecule has 1 aromatic heterocycles. The lowest BCUT2D eigenvalue weighted by Crippen LogP contribution is -2.30.